The number of nitrogens with zero attached hydrogens (tertiary/aromatic N) is 1. The molecule has 0 saturated heterocycles. The van der Waals surface area contributed by atoms with Crippen molar-refractivity contribution in [3.63, 3.8) is 0 Å². The molecular formula is C29H27ClN2O3S. The predicted molar refractivity (Wildman–Crippen MR) is 145 cm³/mol. The fourth-order valence-corrected chi connectivity index (χ4v) is 5.59. The van der Waals surface area contributed by atoms with Crippen LogP contribution in [0.1, 0.15) is 28.3 Å². The highest BCUT2D eigenvalue weighted by atomic mass is 35.5. The Balaban J connectivity index is 1.69. The van der Waals surface area contributed by atoms with Gasteiger partial charge in [0.2, 0.25) is 5.91 Å². The maximum Gasteiger partial charge on any atom is 0.264 e. The van der Waals surface area contributed by atoms with E-state index in [1.165, 1.54) is 24.3 Å². The Bertz CT molecular complexity index is 1440. The van der Waals surface area contributed by atoms with E-state index in [4.69, 9.17) is 11.6 Å². The van der Waals surface area contributed by atoms with Crippen molar-refractivity contribution >= 4 is 33.2 Å². The number of hydrogen-bond acceptors (Lipinski definition) is 3. The van der Waals surface area contributed by atoms with Crippen molar-refractivity contribution in [2.75, 3.05) is 10.8 Å². The van der Waals surface area contributed by atoms with Crippen molar-refractivity contribution in [2.24, 2.45) is 0 Å². The molecule has 1 unspecified atom stereocenters. The predicted octanol–water partition coefficient (Wildman–Crippen LogP) is 6.06. The average Bonchev–Trinajstić information content (AvgIpc) is 2.88. The number of carbonyl (C=O) groups excluding carboxylic acids is 1. The Kier molecular flexibility index (Phi) is 7.77. The van der Waals surface area contributed by atoms with Crippen LogP contribution < -0.4 is 9.62 Å². The summed E-state index contributed by atoms with van der Waals surface area (Å²) in [6.45, 7) is 3.43. The standard InChI is InChI=1S/C29H27ClN2O3S/c1-21-12-14-24(15-13-21)29(23-9-4-3-5-10-23)31-28(33)20-32(27-11-7-6-8-22(27)2)36(34,35)26-18-16-25(30)17-19-26/h3-19,29H,20H2,1-2H3,(H,31,33). The number of sulfonamides is 1. The van der Waals surface area contributed by atoms with Gasteiger partial charge in [-0.1, -0.05) is 90.0 Å². The third-order valence-electron chi connectivity index (χ3n) is 5.92. The minimum atomic E-state index is -4.05. The second-order valence-corrected chi connectivity index (χ2v) is 10.9. The Hall–Kier alpha value is -3.61. The summed E-state index contributed by atoms with van der Waals surface area (Å²) < 4.78 is 28.5. The summed E-state index contributed by atoms with van der Waals surface area (Å²) in [5.74, 6) is -0.426. The molecule has 36 heavy (non-hydrogen) atoms. The van der Waals surface area contributed by atoms with E-state index in [1.54, 1.807) is 12.1 Å². The molecule has 0 bridgehead atoms. The van der Waals surface area contributed by atoms with Crippen molar-refractivity contribution in [3.05, 3.63) is 130 Å². The highest BCUT2D eigenvalue weighted by Gasteiger charge is 2.29. The Labute approximate surface area is 217 Å². The first-order valence-electron chi connectivity index (χ1n) is 11.5. The number of anilines is 1. The molecule has 0 aliphatic carbocycles. The fraction of sp³-hybridized carbons (Fsp3) is 0.138. The molecule has 0 heterocycles. The molecule has 4 aromatic carbocycles. The zero-order chi connectivity index (χ0) is 25.7. The molecule has 0 fully saturated rings. The number of carbonyl (C=O) groups is 1. The van der Waals surface area contributed by atoms with Crippen LogP contribution in [0.15, 0.2) is 108 Å². The van der Waals surface area contributed by atoms with Gasteiger partial charge in [0.05, 0.1) is 16.6 Å². The van der Waals surface area contributed by atoms with Crippen LogP contribution in [-0.4, -0.2) is 20.9 Å². The van der Waals surface area contributed by atoms with Crippen LogP contribution in [0, 0.1) is 13.8 Å². The Morgan fingerprint density at radius 1 is 0.806 bits per heavy atom. The normalized spacial score (nSPS) is 12.1. The van der Waals surface area contributed by atoms with E-state index in [0.717, 1.165) is 26.6 Å². The van der Waals surface area contributed by atoms with Crippen LogP contribution in [0.25, 0.3) is 0 Å². The number of rotatable bonds is 8. The molecule has 184 valence electrons. The number of amides is 1. The SMILES string of the molecule is Cc1ccc(C(NC(=O)CN(c2ccccc2C)S(=O)(=O)c2ccc(Cl)cc2)c2ccccc2)cc1. The molecule has 1 amide bonds. The van der Waals surface area contributed by atoms with E-state index in [1.807, 2.05) is 80.6 Å². The summed E-state index contributed by atoms with van der Waals surface area (Å²) in [5.41, 5.74) is 4.09. The highest BCUT2D eigenvalue weighted by molar-refractivity contribution is 7.92. The molecule has 4 rings (SSSR count). The maximum atomic E-state index is 13.7. The van der Waals surface area contributed by atoms with Crippen LogP contribution in [0.3, 0.4) is 0 Å². The first-order valence-corrected chi connectivity index (χ1v) is 13.3. The fourth-order valence-electron chi connectivity index (χ4n) is 3.98. The summed E-state index contributed by atoms with van der Waals surface area (Å²) in [6.07, 6.45) is 0. The minimum absolute atomic E-state index is 0.0566. The van der Waals surface area contributed by atoms with Crippen molar-refractivity contribution in [2.45, 2.75) is 24.8 Å². The second kappa shape index (κ2) is 11.0. The Morgan fingerprint density at radius 3 is 2.03 bits per heavy atom. The molecule has 0 radical (unpaired) electrons. The van der Waals surface area contributed by atoms with Gasteiger partial charge < -0.3 is 5.32 Å². The van der Waals surface area contributed by atoms with E-state index in [-0.39, 0.29) is 11.4 Å². The monoisotopic (exact) mass is 518 g/mol. The minimum Gasteiger partial charge on any atom is -0.344 e. The highest BCUT2D eigenvalue weighted by Crippen LogP contribution is 2.28. The lowest BCUT2D eigenvalue weighted by Crippen LogP contribution is -2.42. The van der Waals surface area contributed by atoms with Crippen molar-refractivity contribution in [3.8, 4) is 0 Å². The molecule has 0 aliphatic rings. The molecule has 0 saturated carbocycles. The summed E-state index contributed by atoms with van der Waals surface area (Å²) in [5, 5.41) is 3.48. The molecule has 1 atom stereocenters. The van der Waals surface area contributed by atoms with Gasteiger partial charge in [-0.15, -0.1) is 0 Å². The summed E-state index contributed by atoms with van der Waals surface area (Å²) in [7, 11) is -4.05. The zero-order valence-corrected chi connectivity index (χ0v) is 21.6. The summed E-state index contributed by atoms with van der Waals surface area (Å²) >= 11 is 5.98. The average molecular weight is 519 g/mol. The van der Waals surface area contributed by atoms with Gasteiger partial charge in [0, 0.05) is 5.02 Å². The molecule has 0 spiro atoms. The molecule has 4 aromatic rings. The lowest BCUT2D eigenvalue weighted by molar-refractivity contribution is -0.120. The van der Waals surface area contributed by atoms with Crippen LogP contribution in [0.2, 0.25) is 5.02 Å². The van der Waals surface area contributed by atoms with Gasteiger partial charge in [0.1, 0.15) is 6.54 Å². The van der Waals surface area contributed by atoms with Crippen molar-refractivity contribution in [1.82, 2.24) is 5.32 Å². The molecular weight excluding hydrogens is 492 g/mol. The zero-order valence-electron chi connectivity index (χ0n) is 20.1. The van der Waals surface area contributed by atoms with Crippen LogP contribution in [0.4, 0.5) is 5.69 Å². The first kappa shape index (κ1) is 25.5. The van der Waals surface area contributed by atoms with Crippen molar-refractivity contribution in [1.29, 1.82) is 0 Å². The van der Waals surface area contributed by atoms with Gasteiger partial charge in [-0.3, -0.25) is 9.10 Å². The maximum absolute atomic E-state index is 13.7. The molecule has 5 nitrogen and oxygen atoms in total. The van der Waals surface area contributed by atoms with E-state index >= 15 is 0 Å². The number of aryl methyl sites for hydroxylation is 2. The quantitative estimate of drug-likeness (QED) is 0.308. The largest absolute Gasteiger partial charge is 0.344 e. The number of hydrogen-bond donors (Lipinski definition) is 1. The third-order valence-corrected chi connectivity index (χ3v) is 7.95. The molecule has 0 aromatic heterocycles. The van der Waals surface area contributed by atoms with Gasteiger partial charge in [-0.2, -0.15) is 0 Å². The number of benzene rings is 4. The topological polar surface area (TPSA) is 66.5 Å². The van der Waals surface area contributed by atoms with Gasteiger partial charge >= 0.3 is 0 Å². The molecule has 0 aliphatic heterocycles. The third kappa shape index (κ3) is 5.78. The number of para-hydroxylation sites is 1. The summed E-state index contributed by atoms with van der Waals surface area (Å²) in [6, 6.07) is 30.1. The number of nitrogens with one attached hydrogen (secondary N) is 1. The molecule has 7 heteroatoms. The second-order valence-electron chi connectivity index (χ2n) is 8.57. The lowest BCUT2D eigenvalue weighted by atomic mass is 9.98. The van der Waals surface area contributed by atoms with Gasteiger partial charge in [-0.25, -0.2) is 8.42 Å². The lowest BCUT2D eigenvalue weighted by Gasteiger charge is -2.27. The van der Waals surface area contributed by atoms with Gasteiger partial charge in [0.25, 0.3) is 10.0 Å². The van der Waals surface area contributed by atoms with E-state index in [9.17, 15) is 13.2 Å². The van der Waals surface area contributed by atoms with E-state index in [2.05, 4.69) is 5.32 Å². The van der Waals surface area contributed by atoms with Gasteiger partial charge in [-0.05, 0) is 60.9 Å². The van der Waals surface area contributed by atoms with Crippen LogP contribution in [0.5, 0.6) is 0 Å². The smallest absolute Gasteiger partial charge is 0.264 e. The molecule has 1 N–H and O–H groups in total. The van der Waals surface area contributed by atoms with Crippen LogP contribution in [-0.2, 0) is 14.8 Å². The van der Waals surface area contributed by atoms with E-state index < -0.39 is 22.0 Å². The summed E-state index contributed by atoms with van der Waals surface area (Å²) in [4.78, 5) is 13.5. The van der Waals surface area contributed by atoms with Gasteiger partial charge in [0.15, 0.2) is 0 Å². The van der Waals surface area contributed by atoms with Crippen molar-refractivity contribution < 1.29 is 13.2 Å². The van der Waals surface area contributed by atoms with Crippen LogP contribution >= 0.6 is 11.6 Å². The Morgan fingerprint density at radius 2 is 1.39 bits per heavy atom. The number of halogens is 1. The first-order chi connectivity index (χ1) is 17.3. The van der Waals surface area contributed by atoms with E-state index in [0.29, 0.717) is 10.7 Å².